The number of amides is 1. The molecule has 2 rings (SSSR count). The average Bonchev–Trinajstić information content (AvgIpc) is 2.45. The Morgan fingerprint density at radius 1 is 1.38 bits per heavy atom. The van der Waals surface area contributed by atoms with Crippen LogP contribution in [0.5, 0.6) is 0 Å². The molecule has 0 bridgehead atoms. The monoisotopic (exact) mass is 295 g/mol. The number of ether oxygens (including phenoxy) is 1. The van der Waals surface area contributed by atoms with E-state index >= 15 is 0 Å². The first-order valence-electron chi connectivity index (χ1n) is 6.50. The first kappa shape index (κ1) is 15.2. The van der Waals surface area contributed by atoms with Crippen molar-refractivity contribution in [1.82, 2.24) is 14.7 Å². The first-order chi connectivity index (χ1) is 9.84. The van der Waals surface area contributed by atoms with Crippen LogP contribution in [-0.4, -0.2) is 57.5 Å². The summed E-state index contributed by atoms with van der Waals surface area (Å²) in [6, 6.07) is -1.08. The predicted molar refractivity (Wildman–Crippen MR) is 72.2 cm³/mol. The third kappa shape index (κ3) is 2.66. The Hall–Kier alpha value is -2.22. The molecule has 8 heteroatoms. The fraction of sp³-hybridized carbons (Fsp3) is 0.538. The second kappa shape index (κ2) is 5.65. The van der Waals surface area contributed by atoms with Crippen LogP contribution in [0.15, 0.2) is 4.79 Å². The summed E-state index contributed by atoms with van der Waals surface area (Å²) in [5, 5.41) is 13.2. The molecule has 0 saturated carbocycles. The van der Waals surface area contributed by atoms with Gasteiger partial charge in [0.1, 0.15) is 5.56 Å². The quantitative estimate of drug-likeness (QED) is 0.776. The number of rotatable bonds is 2. The van der Waals surface area contributed by atoms with Crippen LogP contribution < -0.4 is 5.56 Å². The Bertz CT molecular complexity index is 652. The van der Waals surface area contributed by atoms with E-state index in [4.69, 9.17) is 4.74 Å². The maximum atomic E-state index is 12.6. The lowest BCUT2D eigenvalue weighted by molar-refractivity contribution is -0.147. The zero-order chi connectivity index (χ0) is 15.7. The number of carbonyl (C=O) groups is 2. The lowest BCUT2D eigenvalue weighted by Crippen LogP contribution is -2.53. The number of carboxylic acids is 1. The topological polar surface area (TPSA) is 102 Å². The van der Waals surface area contributed by atoms with Crippen molar-refractivity contribution in [2.24, 2.45) is 7.05 Å². The molecule has 0 spiro atoms. The van der Waals surface area contributed by atoms with Gasteiger partial charge < -0.3 is 14.7 Å². The second-order valence-electron chi connectivity index (χ2n) is 4.94. The Morgan fingerprint density at radius 3 is 2.67 bits per heavy atom. The van der Waals surface area contributed by atoms with Gasteiger partial charge in [-0.05, 0) is 19.4 Å². The van der Waals surface area contributed by atoms with Gasteiger partial charge in [-0.1, -0.05) is 0 Å². The lowest BCUT2D eigenvalue weighted by Gasteiger charge is -2.33. The molecule has 1 aromatic rings. The Kier molecular flexibility index (Phi) is 4.08. The van der Waals surface area contributed by atoms with Crippen LogP contribution in [0.2, 0.25) is 0 Å². The van der Waals surface area contributed by atoms with Gasteiger partial charge in [-0.3, -0.25) is 9.59 Å². The molecule has 1 atom stereocenters. The van der Waals surface area contributed by atoms with E-state index < -0.39 is 23.5 Å². The highest BCUT2D eigenvalue weighted by Crippen LogP contribution is 2.14. The normalized spacial score (nSPS) is 18.6. The minimum atomic E-state index is -1.15. The van der Waals surface area contributed by atoms with Crippen LogP contribution in [0.3, 0.4) is 0 Å². The van der Waals surface area contributed by atoms with Gasteiger partial charge in [0.2, 0.25) is 0 Å². The van der Waals surface area contributed by atoms with Gasteiger partial charge in [-0.2, -0.15) is 5.10 Å². The maximum Gasteiger partial charge on any atom is 0.328 e. The summed E-state index contributed by atoms with van der Waals surface area (Å²) >= 11 is 0. The summed E-state index contributed by atoms with van der Waals surface area (Å²) < 4.78 is 6.19. The second-order valence-corrected chi connectivity index (χ2v) is 4.94. The molecule has 114 valence electrons. The van der Waals surface area contributed by atoms with E-state index in [9.17, 15) is 19.5 Å². The number of nitrogens with zero attached hydrogens (tertiary/aromatic N) is 3. The minimum absolute atomic E-state index is 0.0295. The molecule has 1 aliphatic rings. The van der Waals surface area contributed by atoms with E-state index in [-0.39, 0.29) is 25.3 Å². The largest absolute Gasteiger partial charge is 0.480 e. The molecular formula is C13H17N3O5. The Balaban J connectivity index is 2.49. The van der Waals surface area contributed by atoms with Gasteiger partial charge in [-0.15, -0.1) is 0 Å². The van der Waals surface area contributed by atoms with Crippen molar-refractivity contribution in [2.75, 3.05) is 19.8 Å². The average molecular weight is 295 g/mol. The predicted octanol–water partition coefficient (Wildman–Crippen LogP) is -0.677. The van der Waals surface area contributed by atoms with E-state index in [1.165, 1.54) is 11.9 Å². The molecule has 1 aliphatic heterocycles. The summed E-state index contributed by atoms with van der Waals surface area (Å²) in [4.78, 5) is 37.2. The van der Waals surface area contributed by atoms with E-state index in [2.05, 4.69) is 5.10 Å². The summed E-state index contributed by atoms with van der Waals surface area (Å²) in [7, 11) is 1.46. The standard InChI is InChI=1S/C13H17N3O5/c1-7-8(2)14-15(3)11(17)10(7)12(18)16-4-5-21-6-9(16)13(19)20/h9H,4-6H2,1-3H3,(H,19,20). The molecule has 1 amide bonds. The van der Waals surface area contributed by atoms with Crippen LogP contribution in [0.25, 0.3) is 0 Å². The SMILES string of the molecule is Cc1nn(C)c(=O)c(C(=O)N2CCOCC2C(=O)O)c1C. The van der Waals surface area contributed by atoms with E-state index in [0.29, 0.717) is 11.3 Å². The molecular weight excluding hydrogens is 278 g/mol. The fourth-order valence-corrected chi connectivity index (χ4v) is 2.30. The van der Waals surface area contributed by atoms with Crippen LogP contribution >= 0.6 is 0 Å². The van der Waals surface area contributed by atoms with Crippen molar-refractivity contribution in [3.8, 4) is 0 Å². The van der Waals surface area contributed by atoms with Crippen molar-refractivity contribution in [1.29, 1.82) is 0 Å². The number of aliphatic carboxylic acids is 1. The smallest absolute Gasteiger partial charge is 0.328 e. The van der Waals surface area contributed by atoms with Crippen molar-refractivity contribution in [3.05, 3.63) is 27.2 Å². The molecule has 1 unspecified atom stereocenters. The van der Waals surface area contributed by atoms with Gasteiger partial charge in [0.15, 0.2) is 6.04 Å². The maximum absolute atomic E-state index is 12.6. The zero-order valence-corrected chi connectivity index (χ0v) is 12.1. The van der Waals surface area contributed by atoms with Crippen LogP contribution in [0.4, 0.5) is 0 Å². The third-order valence-electron chi connectivity index (χ3n) is 3.61. The van der Waals surface area contributed by atoms with Crippen LogP contribution in [0.1, 0.15) is 21.6 Å². The number of morpholine rings is 1. The summed E-state index contributed by atoms with van der Waals surface area (Å²) in [5.41, 5.74) is 0.469. The van der Waals surface area contributed by atoms with E-state index in [0.717, 1.165) is 4.68 Å². The molecule has 21 heavy (non-hydrogen) atoms. The number of hydrogen-bond acceptors (Lipinski definition) is 5. The van der Waals surface area contributed by atoms with Crippen molar-refractivity contribution < 1.29 is 19.4 Å². The van der Waals surface area contributed by atoms with Crippen molar-refractivity contribution >= 4 is 11.9 Å². The van der Waals surface area contributed by atoms with Crippen LogP contribution in [-0.2, 0) is 16.6 Å². The summed E-state index contributed by atoms with van der Waals surface area (Å²) in [6.07, 6.45) is 0. The number of aromatic nitrogens is 2. The summed E-state index contributed by atoms with van der Waals surface area (Å²) in [6.45, 7) is 3.63. The van der Waals surface area contributed by atoms with Gasteiger partial charge in [-0.25, -0.2) is 9.48 Å². The molecule has 0 aliphatic carbocycles. The summed E-state index contributed by atoms with van der Waals surface area (Å²) in [5.74, 6) is -1.74. The molecule has 0 radical (unpaired) electrons. The molecule has 0 aromatic carbocycles. The van der Waals surface area contributed by atoms with Gasteiger partial charge in [0.25, 0.3) is 11.5 Å². The minimum Gasteiger partial charge on any atom is -0.480 e. The molecule has 1 fully saturated rings. The number of hydrogen-bond donors (Lipinski definition) is 1. The highest BCUT2D eigenvalue weighted by atomic mass is 16.5. The number of aryl methyl sites for hydroxylation is 2. The van der Waals surface area contributed by atoms with Gasteiger partial charge >= 0.3 is 5.97 Å². The number of carboxylic acid groups (broad SMARTS) is 1. The zero-order valence-electron chi connectivity index (χ0n) is 12.1. The lowest BCUT2D eigenvalue weighted by atomic mass is 10.1. The van der Waals surface area contributed by atoms with Gasteiger partial charge in [0.05, 0.1) is 18.9 Å². The fourth-order valence-electron chi connectivity index (χ4n) is 2.30. The molecule has 8 nitrogen and oxygen atoms in total. The molecule has 1 aromatic heterocycles. The van der Waals surface area contributed by atoms with E-state index in [1.807, 2.05) is 0 Å². The van der Waals surface area contributed by atoms with Gasteiger partial charge in [0, 0.05) is 13.6 Å². The van der Waals surface area contributed by atoms with E-state index in [1.54, 1.807) is 13.8 Å². The first-order valence-corrected chi connectivity index (χ1v) is 6.50. The Morgan fingerprint density at radius 2 is 2.05 bits per heavy atom. The van der Waals surface area contributed by atoms with Crippen molar-refractivity contribution in [2.45, 2.75) is 19.9 Å². The molecule has 1 N–H and O–H groups in total. The molecule has 1 saturated heterocycles. The Labute approximate surface area is 120 Å². The van der Waals surface area contributed by atoms with Crippen molar-refractivity contribution in [3.63, 3.8) is 0 Å². The highest BCUT2D eigenvalue weighted by molar-refractivity contribution is 5.97. The van der Waals surface area contributed by atoms with Crippen LogP contribution in [0, 0.1) is 13.8 Å². The third-order valence-corrected chi connectivity index (χ3v) is 3.61. The number of carbonyl (C=O) groups excluding carboxylic acids is 1. The highest BCUT2D eigenvalue weighted by Gasteiger charge is 2.35. The molecule has 2 heterocycles.